The van der Waals surface area contributed by atoms with Crippen LogP contribution in [0.4, 0.5) is 5.69 Å². The van der Waals surface area contributed by atoms with E-state index in [0.29, 0.717) is 11.6 Å². The molecule has 19 heavy (non-hydrogen) atoms. The van der Waals surface area contributed by atoms with Crippen LogP contribution in [0.5, 0.6) is 0 Å². The van der Waals surface area contributed by atoms with E-state index in [2.05, 4.69) is 17.1 Å². The summed E-state index contributed by atoms with van der Waals surface area (Å²) in [6.45, 7) is 5.73. The number of carbonyl (C=O) groups excluding carboxylic acids is 1. The van der Waals surface area contributed by atoms with Gasteiger partial charge in [-0.25, -0.2) is 0 Å². The summed E-state index contributed by atoms with van der Waals surface area (Å²) in [6, 6.07) is 7.94. The van der Waals surface area contributed by atoms with Crippen LogP contribution in [0.1, 0.15) is 36.5 Å². The highest BCUT2D eigenvalue weighted by Crippen LogP contribution is 2.17. The van der Waals surface area contributed by atoms with E-state index in [1.807, 2.05) is 18.2 Å². The van der Waals surface area contributed by atoms with Gasteiger partial charge >= 0.3 is 0 Å². The Morgan fingerprint density at radius 1 is 1.42 bits per heavy atom. The SMILES string of the molecule is CCCN1CCC(Nc2cccc(C(N)=O)c2)CC1. The molecule has 1 amide bonds. The second-order valence-electron chi connectivity index (χ2n) is 5.21. The molecule has 1 aliphatic rings. The largest absolute Gasteiger partial charge is 0.382 e. The number of primary amides is 1. The van der Waals surface area contributed by atoms with Crippen molar-refractivity contribution in [2.75, 3.05) is 25.0 Å². The molecule has 1 fully saturated rings. The van der Waals surface area contributed by atoms with Gasteiger partial charge in [-0.1, -0.05) is 13.0 Å². The van der Waals surface area contributed by atoms with Crippen LogP contribution in [0.3, 0.4) is 0 Å². The Kier molecular flexibility index (Phi) is 4.80. The lowest BCUT2D eigenvalue weighted by atomic mass is 10.0. The van der Waals surface area contributed by atoms with Gasteiger partial charge in [0.15, 0.2) is 0 Å². The number of nitrogens with one attached hydrogen (secondary N) is 1. The number of anilines is 1. The van der Waals surface area contributed by atoms with Crippen molar-refractivity contribution < 1.29 is 4.79 Å². The quantitative estimate of drug-likeness (QED) is 0.853. The maximum absolute atomic E-state index is 11.1. The van der Waals surface area contributed by atoms with E-state index in [-0.39, 0.29) is 5.91 Å². The minimum atomic E-state index is -0.374. The molecular weight excluding hydrogens is 238 g/mol. The summed E-state index contributed by atoms with van der Waals surface area (Å²) >= 11 is 0. The van der Waals surface area contributed by atoms with Gasteiger partial charge in [0.2, 0.25) is 5.91 Å². The summed E-state index contributed by atoms with van der Waals surface area (Å²) in [7, 11) is 0. The van der Waals surface area contributed by atoms with Crippen molar-refractivity contribution in [3.8, 4) is 0 Å². The standard InChI is InChI=1S/C15H23N3O/c1-2-8-18-9-6-13(7-10-18)17-14-5-3-4-12(11-14)15(16)19/h3-5,11,13,17H,2,6-10H2,1H3,(H2,16,19). The minimum absolute atomic E-state index is 0.374. The van der Waals surface area contributed by atoms with Gasteiger partial charge in [0.25, 0.3) is 0 Å². The van der Waals surface area contributed by atoms with Crippen LogP contribution in [0.25, 0.3) is 0 Å². The number of benzene rings is 1. The number of hydrogen-bond acceptors (Lipinski definition) is 3. The third-order valence-electron chi connectivity index (χ3n) is 3.65. The molecule has 1 aliphatic heterocycles. The summed E-state index contributed by atoms with van der Waals surface area (Å²) in [5.41, 5.74) is 6.85. The van der Waals surface area contributed by atoms with Crippen LogP contribution in [0.2, 0.25) is 0 Å². The third-order valence-corrected chi connectivity index (χ3v) is 3.65. The van der Waals surface area contributed by atoms with Crippen LogP contribution in [0.15, 0.2) is 24.3 Å². The smallest absolute Gasteiger partial charge is 0.248 e. The molecule has 1 aromatic carbocycles. The number of nitrogens with two attached hydrogens (primary N) is 1. The molecule has 0 bridgehead atoms. The predicted octanol–water partition coefficient (Wildman–Crippen LogP) is 2.07. The number of rotatable bonds is 5. The molecular formula is C15H23N3O. The molecule has 2 rings (SSSR count). The zero-order valence-corrected chi connectivity index (χ0v) is 11.6. The summed E-state index contributed by atoms with van der Waals surface area (Å²) in [4.78, 5) is 13.7. The number of likely N-dealkylation sites (tertiary alicyclic amines) is 1. The van der Waals surface area contributed by atoms with Crippen molar-refractivity contribution in [3.05, 3.63) is 29.8 Å². The summed E-state index contributed by atoms with van der Waals surface area (Å²) in [6.07, 6.45) is 3.53. The molecule has 1 saturated heterocycles. The van der Waals surface area contributed by atoms with Gasteiger partial charge in [0.05, 0.1) is 0 Å². The van der Waals surface area contributed by atoms with Crippen LogP contribution in [0, 0.1) is 0 Å². The van der Waals surface area contributed by atoms with Crippen molar-refractivity contribution in [2.24, 2.45) is 5.73 Å². The molecule has 0 unspecified atom stereocenters. The molecule has 4 heteroatoms. The summed E-state index contributed by atoms with van der Waals surface area (Å²) in [5.74, 6) is -0.374. The maximum atomic E-state index is 11.1. The Labute approximate surface area is 115 Å². The van der Waals surface area contributed by atoms with Crippen LogP contribution >= 0.6 is 0 Å². The second kappa shape index (κ2) is 6.57. The number of nitrogens with zero attached hydrogens (tertiary/aromatic N) is 1. The lowest BCUT2D eigenvalue weighted by Crippen LogP contribution is -2.39. The Hall–Kier alpha value is -1.55. The van der Waals surface area contributed by atoms with Crippen molar-refractivity contribution in [1.82, 2.24) is 4.90 Å². The van der Waals surface area contributed by atoms with Gasteiger partial charge in [-0.05, 0) is 44.0 Å². The van der Waals surface area contributed by atoms with Crippen LogP contribution in [-0.4, -0.2) is 36.5 Å². The van der Waals surface area contributed by atoms with Crippen LogP contribution < -0.4 is 11.1 Å². The van der Waals surface area contributed by atoms with Crippen LogP contribution in [-0.2, 0) is 0 Å². The molecule has 0 spiro atoms. The summed E-state index contributed by atoms with van der Waals surface area (Å²) < 4.78 is 0. The molecule has 0 atom stereocenters. The first-order valence-corrected chi connectivity index (χ1v) is 7.08. The highest BCUT2D eigenvalue weighted by atomic mass is 16.1. The van der Waals surface area contributed by atoms with Gasteiger partial charge < -0.3 is 16.0 Å². The molecule has 1 heterocycles. The third kappa shape index (κ3) is 3.96. The first kappa shape index (κ1) is 13.9. The Bertz CT molecular complexity index is 425. The van der Waals surface area contributed by atoms with E-state index in [0.717, 1.165) is 31.6 Å². The predicted molar refractivity (Wildman–Crippen MR) is 78.3 cm³/mol. The number of piperidine rings is 1. The molecule has 0 saturated carbocycles. The van der Waals surface area contributed by atoms with Gasteiger partial charge in [-0.2, -0.15) is 0 Å². The molecule has 1 aromatic rings. The number of hydrogen-bond donors (Lipinski definition) is 2. The zero-order valence-electron chi connectivity index (χ0n) is 11.6. The number of amides is 1. The Morgan fingerprint density at radius 2 is 2.16 bits per heavy atom. The number of carbonyl (C=O) groups is 1. The van der Waals surface area contributed by atoms with E-state index in [1.54, 1.807) is 6.07 Å². The average Bonchev–Trinajstić information content (AvgIpc) is 2.42. The summed E-state index contributed by atoms with van der Waals surface area (Å²) in [5, 5.41) is 3.50. The zero-order chi connectivity index (χ0) is 13.7. The molecule has 0 radical (unpaired) electrons. The molecule has 0 aromatic heterocycles. The van der Waals surface area contributed by atoms with Crippen molar-refractivity contribution in [2.45, 2.75) is 32.2 Å². The average molecular weight is 261 g/mol. The molecule has 3 N–H and O–H groups in total. The first-order valence-electron chi connectivity index (χ1n) is 7.08. The topological polar surface area (TPSA) is 58.4 Å². The minimum Gasteiger partial charge on any atom is -0.382 e. The van der Waals surface area contributed by atoms with E-state index in [9.17, 15) is 4.79 Å². The molecule has 4 nitrogen and oxygen atoms in total. The monoisotopic (exact) mass is 261 g/mol. The Morgan fingerprint density at radius 3 is 2.79 bits per heavy atom. The fourth-order valence-corrected chi connectivity index (χ4v) is 2.62. The normalized spacial score (nSPS) is 17.3. The van der Waals surface area contributed by atoms with Crippen molar-refractivity contribution in [1.29, 1.82) is 0 Å². The fraction of sp³-hybridized carbons (Fsp3) is 0.533. The fourth-order valence-electron chi connectivity index (χ4n) is 2.62. The van der Waals surface area contributed by atoms with E-state index < -0.39 is 0 Å². The van der Waals surface area contributed by atoms with E-state index in [1.165, 1.54) is 13.0 Å². The van der Waals surface area contributed by atoms with Gasteiger partial charge in [0.1, 0.15) is 0 Å². The highest BCUT2D eigenvalue weighted by Gasteiger charge is 2.18. The molecule has 104 valence electrons. The van der Waals surface area contributed by atoms with Gasteiger partial charge in [-0.3, -0.25) is 4.79 Å². The Balaban J connectivity index is 1.88. The first-order chi connectivity index (χ1) is 9.19. The van der Waals surface area contributed by atoms with E-state index >= 15 is 0 Å². The van der Waals surface area contributed by atoms with Gasteiger partial charge in [-0.15, -0.1) is 0 Å². The second-order valence-corrected chi connectivity index (χ2v) is 5.21. The van der Waals surface area contributed by atoms with Gasteiger partial charge in [0, 0.05) is 30.4 Å². The van der Waals surface area contributed by atoms with Crippen molar-refractivity contribution in [3.63, 3.8) is 0 Å². The lowest BCUT2D eigenvalue weighted by molar-refractivity contribution is 0.100. The lowest BCUT2D eigenvalue weighted by Gasteiger charge is -2.32. The maximum Gasteiger partial charge on any atom is 0.248 e. The highest BCUT2D eigenvalue weighted by molar-refractivity contribution is 5.93. The van der Waals surface area contributed by atoms with E-state index in [4.69, 9.17) is 5.73 Å². The molecule has 0 aliphatic carbocycles. The van der Waals surface area contributed by atoms with Crippen molar-refractivity contribution >= 4 is 11.6 Å².